The van der Waals surface area contributed by atoms with Crippen LogP contribution in [0.1, 0.15) is 25.8 Å². The highest BCUT2D eigenvalue weighted by Crippen LogP contribution is 2.32. The highest BCUT2D eigenvalue weighted by Gasteiger charge is 2.13. The average Bonchev–Trinajstić information content (AvgIpc) is 3.15. The number of rotatable bonds is 9. The van der Waals surface area contributed by atoms with Gasteiger partial charge in [0.25, 0.3) is 0 Å². The van der Waals surface area contributed by atoms with Gasteiger partial charge in [0.05, 0.1) is 0 Å². The molecular formula is C21H27N3O3. The van der Waals surface area contributed by atoms with E-state index in [1.165, 1.54) is 5.69 Å². The van der Waals surface area contributed by atoms with Crippen LogP contribution in [0.2, 0.25) is 0 Å². The Hall–Kier alpha value is -2.73. The first-order chi connectivity index (χ1) is 13.2. The number of nitrogens with zero attached hydrogens (tertiary/aromatic N) is 1. The molecule has 1 aliphatic heterocycles. The maximum absolute atomic E-state index is 12.1. The normalized spacial score (nSPS) is 12.1. The summed E-state index contributed by atoms with van der Waals surface area (Å²) in [4.78, 5) is 14.4. The molecule has 2 aromatic rings. The lowest BCUT2D eigenvalue weighted by molar-refractivity contribution is -0.116. The van der Waals surface area contributed by atoms with E-state index in [1.807, 2.05) is 42.5 Å². The molecule has 0 aliphatic carbocycles. The molecule has 2 N–H and O–H groups in total. The Morgan fingerprint density at radius 2 is 1.78 bits per heavy atom. The molecule has 6 heteroatoms. The van der Waals surface area contributed by atoms with E-state index < -0.39 is 0 Å². The Kier molecular flexibility index (Phi) is 6.54. The first-order valence-electron chi connectivity index (χ1n) is 9.43. The summed E-state index contributed by atoms with van der Waals surface area (Å²) in [5, 5.41) is 6.23. The number of ether oxygens (including phenoxy) is 2. The van der Waals surface area contributed by atoms with Crippen LogP contribution in [0.25, 0.3) is 0 Å². The maximum atomic E-state index is 12.1. The van der Waals surface area contributed by atoms with Crippen LogP contribution in [0.4, 0.5) is 11.4 Å². The van der Waals surface area contributed by atoms with Crippen molar-refractivity contribution < 1.29 is 14.3 Å². The van der Waals surface area contributed by atoms with Gasteiger partial charge in [-0.15, -0.1) is 0 Å². The molecule has 27 heavy (non-hydrogen) atoms. The van der Waals surface area contributed by atoms with E-state index in [4.69, 9.17) is 9.47 Å². The molecule has 6 nitrogen and oxygen atoms in total. The Balaban J connectivity index is 1.39. The molecule has 1 amide bonds. The van der Waals surface area contributed by atoms with Gasteiger partial charge in [-0.05, 0) is 55.8 Å². The van der Waals surface area contributed by atoms with Crippen LogP contribution in [0.5, 0.6) is 11.5 Å². The highest BCUT2D eigenvalue weighted by molar-refractivity contribution is 5.91. The van der Waals surface area contributed by atoms with Crippen molar-refractivity contribution in [1.29, 1.82) is 0 Å². The molecule has 0 spiro atoms. The molecular weight excluding hydrogens is 342 g/mol. The Labute approximate surface area is 160 Å². The summed E-state index contributed by atoms with van der Waals surface area (Å²) < 4.78 is 10.7. The van der Waals surface area contributed by atoms with Crippen molar-refractivity contribution in [2.24, 2.45) is 0 Å². The molecule has 0 saturated heterocycles. The predicted octanol–water partition coefficient (Wildman–Crippen LogP) is 3.38. The lowest BCUT2D eigenvalue weighted by Gasteiger charge is -2.21. The fourth-order valence-electron chi connectivity index (χ4n) is 3.05. The van der Waals surface area contributed by atoms with E-state index in [1.54, 1.807) is 0 Å². The van der Waals surface area contributed by atoms with Crippen molar-refractivity contribution in [2.75, 3.05) is 36.6 Å². The largest absolute Gasteiger partial charge is 0.454 e. The lowest BCUT2D eigenvalue weighted by Crippen LogP contribution is -2.22. The first kappa shape index (κ1) is 19.0. The fraction of sp³-hybridized carbons (Fsp3) is 0.381. The van der Waals surface area contributed by atoms with E-state index >= 15 is 0 Å². The van der Waals surface area contributed by atoms with E-state index in [-0.39, 0.29) is 12.7 Å². The summed E-state index contributed by atoms with van der Waals surface area (Å²) >= 11 is 0. The smallest absolute Gasteiger partial charge is 0.231 e. The number of benzene rings is 2. The van der Waals surface area contributed by atoms with Crippen molar-refractivity contribution in [3.8, 4) is 11.5 Å². The number of anilines is 2. The molecule has 0 unspecified atom stereocenters. The Morgan fingerprint density at radius 1 is 1.04 bits per heavy atom. The Morgan fingerprint density at radius 3 is 2.52 bits per heavy atom. The third-order valence-electron chi connectivity index (χ3n) is 4.57. The van der Waals surface area contributed by atoms with E-state index in [9.17, 15) is 4.79 Å². The van der Waals surface area contributed by atoms with Crippen LogP contribution in [0.3, 0.4) is 0 Å². The lowest BCUT2D eigenvalue weighted by atomic mass is 10.2. The van der Waals surface area contributed by atoms with Gasteiger partial charge in [-0.2, -0.15) is 0 Å². The second-order valence-corrected chi connectivity index (χ2v) is 6.38. The molecule has 1 heterocycles. The molecule has 0 aromatic heterocycles. The van der Waals surface area contributed by atoms with Gasteiger partial charge in [-0.3, -0.25) is 4.79 Å². The molecule has 3 rings (SSSR count). The number of nitrogens with one attached hydrogen (secondary N) is 2. The highest BCUT2D eigenvalue weighted by atomic mass is 16.7. The van der Waals surface area contributed by atoms with Crippen molar-refractivity contribution in [1.82, 2.24) is 5.32 Å². The van der Waals surface area contributed by atoms with Gasteiger partial charge in [0.1, 0.15) is 0 Å². The summed E-state index contributed by atoms with van der Waals surface area (Å²) in [6, 6.07) is 13.9. The second kappa shape index (κ2) is 9.28. The van der Waals surface area contributed by atoms with Crippen LogP contribution in [-0.2, 0) is 11.3 Å². The first-order valence-corrected chi connectivity index (χ1v) is 9.43. The fourth-order valence-corrected chi connectivity index (χ4v) is 3.05. The minimum atomic E-state index is 0.00350. The zero-order chi connectivity index (χ0) is 19.1. The van der Waals surface area contributed by atoms with Gasteiger partial charge in [-0.25, -0.2) is 0 Å². The maximum Gasteiger partial charge on any atom is 0.231 e. The van der Waals surface area contributed by atoms with Crippen molar-refractivity contribution in [3.05, 3.63) is 48.0 Å². The van der Waals surface area contributed by atoms with E-state index in [0.717, 1.165) is 35.8 Å². The van der Waals surface area contributed by atoms with Crippen molar-refractivity contribution >= 4 is 17.3 Å². The van der Waals surface area contributed by atoms with E-state index in [2.05, 4.69) is 29.4 Å². The van der Waals surface area contributed by atoms with Gasteiger partial charge < -0.3 is 25.0 Å². The van der Waals surface area contributed by atoms with Gasteiger partial charge in [-0.1, -0.05) is 6.07 Å². The predicted molar refractivity (Wildman–Crippen MR) is 108 cm³/mol. The van der Waals surface area contributed by atoms with Gasteiger partial charge in [0, 0.05) is 44.0 Å². The molecule has 144 valence electrons. The molecule has 2 aromatic carbocycles. The second-order valence-electron chi connectivity index (χ2n) is 6.38. The minimum absolute atomic E-state index is 0.00350. The molecule has 0 fully saturated rings. The van der Waals surface area contributed by atoms with Crippen LogP contribution < -0.4 is 25.0 Å². The van der Waals surface area contributed by atoms with E-state index in [0.29, 0.717) is 19.5 Å². The summed E-state index contributed by atoms with van der Waals surface area (Å²) in [6.45, 7) is 7.78. The third kappa shape index (κ3) is 5.14. The number of carbonyl (C=O) groups excluding carboxylic acids is 1. The summed E-state index contributed by atoms with van der Waals surface area (Å²) in [5.74, 6) is 1.56. The molecule has 0 atom stereocenters. The van der Waals surface area contributed by atoms with Crippen molar-refractivity contribution in [2.45, 2.75) is 26.8 Å². The van der Waals surface area contributed by atoms with Crippen LogP contribution >= 0.6 is 0 Å². The quantitative estimate of drug-likeness (QED) is 0.664. The molecule has 0 bridgehead atoms. The summed E-state index contributed by atoms with van der Waals surface area (Å²) in [5.41, 5.74) is 3.10. The number of fused-ring (bicyclic) bond motifs is 1. The summed E-state index contributed by atoms with van der Waals surface area (Å²) in [6.07, 6.45) is 0.419. The molecule has 0 radical (unpaired) electrons. The minimum Gasteiger partial charge on any atom is -0.454 e. The van der Waals surface area contributed by atoms with Crippen LogP contribution in [0.15, 0.2) is 42.5 Å². The topological polar surface area (TPSA) is 62.8 Å². The zero-order valence-corrected chi connectivity index (χ0v) is 16.0. The number of hydrogen-bond acceptors (Lipinski definition) is 5. The van der Waals surface area contributed by atoms with Gasteiger partial charge in [0.2, 0.25) is 12.7 Å². The third-order valence-corrected chi connectivity index (χ3v) is 4.57. The standard InChI is InChI=1S/C21H27N3O3/c1-3-24(4-2)18-8-6-17(7-9-18)23-21(25)11-12-22-14-16-5-10-19-20(13-16)27-15-26-19/h5-10,13,22H,3-4,11-12,14-15H2,1-2H3,(H,23,25). The SMILES string of the molecule is CCN(CC)c1ccc(NC(=O)CCNCc2ccc3c(c2)OCO3)cc1. The van der Waals surface area contributed by atoms with Gasteiger partial charge in [0.15, 0.2) is 11.5 Å². The van der Waals surface area contributed by atoms with Crippen molar-refractivity contribution in [3.63, 3.8) is 0 Å². The number of amides is 1. The Bertz CT molecular complexity index is 758. The number of carbonyl (C=O) groups is 1. The molecule has 1 aliphatic rings. The zero-order valence-electron chi connectivity index (χ0n) is 16.0. The van der Waals surface area contributed by atoms with Gasteiger partial charge >= 0.3 is 0 Å². The average molecular weight is 369 g/mol. The number of hydrogen-bond donors (Lipinski definition) is 2. The summed E-state index contributed by atoms with van der Waals surface area (Å²) in [7, 11) is 0. The molecule has 0 saturated carbocycles. The van der Waals surface area contributed by atoms with Crippen LogP contribution in [0, 0.1) is 0 Å². The monoisotopic (exact) mass is 369 g/mol. The van der Waals surface area contributed by atoms with Crippen LogP contribution in [-0.4, -0.2) is 32.3 Å².